The molecule has 17 heavy (non-hydrogen) atoms. The van der Waals surface area contributed by atoms with Gasteiger partial charge in [0, 0.05) is 11.1 Å². The Morgan fingerprint density at radius 1 is 1.41 bits per heavy atom. The number of pyridine rings is 1. The Morgan fingerprint density at radius 2 is 2.29 bits per heavy atom. The largest absolute Gasteiger partial charge is 0.365 e. The number of hydrogen-bond acceptors (Lipinski definition) is 4. The molecule has 0 aliphatic carbocycles. The molecule has 86 valence electrons. The number of aryl methyl sites for hydroxylation is 1. The summed E-state index contributed by atoms with van der Waals surface area (Å²) < 4.78 is 0. The Morgan fingerprint density at radius 3 is 2.94 bits per heavy atom. The minimum Gasteiger partial charge on any atom is -0.365 e. The van der Waals surface area contributed by atoms with E-state index < -0.39 is 0 Å². The second kappa shape index (κ2) is 5.46. The summed E-state index contributed by atoms with van der Waals surface area (Å²) in [5.74, 6) is 0.805. The van der Waals surface area contributed by atoms with Crippen molar-refractivity contribution in [2.45, 2.75) is 19.9 Å². The fraction of sp³-hybridized carbons (Fsp3) is 0.231. The van der Waals surface area contributed by atoms with E-state index in [1.165, 1.54) is 10.4 Å². The highest BCUT2D eigenvalue weighted by atomic mass is 32.1. The van der Waals surface area contributed by atoms with E-state index >= 15 is 0 Å². The zero-order valence-electron chi connectivity index (χ0n) is 9.60. The van der Waals surface area contributed by atoms with Gasteiger partial charge in [-0.05, 0) is 35.6 Å². The molecule has 0 unspecified atom stereocenters. The molecule has 0 bridgehead atoms. The first-order valence-electron chi connectivity index (χ1n) is 5.48. The van der Waals surface area contributed by atoms with E-state index in [9.17, 15) is 0 Å². The zero-order chi connectivity index (χ0) is 12.1. The van der Waals surface area contributed by atoms with Gasteiger partial charge in [-0.25, -0.2) is 4.98 Å². The van der Waals surface area contributed by atoms with Gasteiger partial charge in [-0.1, -0.05) is 6.92 Å². The second-order valence-electron chi connectivity index (χ2n) is 3.62. The summed E-state index contributed by atoms with van der Waals surface area (Å²) >= 11 is 1.76. The molecule has 0 saturated heterocycles. The fourth-order valence-electron chi connectivity index (χ4n) is 1.57. The topological polar surface area (TPSA) is 48.7 Å². The Labute approximate surface area is 105 Å². The zero-order valence-corrected chi connectivity index (χ0v) is 10.4. The van der Waals surface area contributed by atoms with Gasteiger partial charge in [0.1, 0.15) is 11.9 Å². The molecule has 0 aliphatic rings. The minimum atomic E-state index is 0.584. The lowest BCUT2D eigenvalue weighted by molar-refractivity contribution is 1.07. The predicted octanol–water partition coefficient (Wildman–Crippen LogP) is 3.19. The van der Waals surface area contributed by atoms with Gasteiger partial charge in [0.2, 0.25) is 0 Å². The lowest BCUT2D eigenvalue weighted by Crippen LogP contribution is -2.01. The molecule has 3 nitrogen and oxygen atoms in total. The predicted molar refractivity (Wildman–Crippen MR) is 70.0 cm³/mol. The maximum absolute atomic E-state index is 8.67. The van der Waals surface area contributed by atoms with Crippen molar-refractivity contribution in [1.82, 2.24) is 4.98 Å². The summed E-state index contributed by atoms with van der Waals surface area (Å²) in [5.41, 5.74) is 1.97. The highest BCUT2D eigenvalue weighted by Crippen LogP contribution is 2.18. The van der Waals surface area contributed by atoms with Crippen molar-refractivity contribution in [2.75, 3.05) is 5.32 Å². The van der Waals surface area contributed by atoms with Crippen LogP contribution in [0.4, 0.5) is 5.82 Å². The monoisotopic (exact) mass is 243 g/mol. The summed E-state index contributed by atoms with van der Waals surface area (Å²) in [6.45, 7) is 2.95. The van der Waals surface area contributed by atoms with E-state index in [-0.39, 0.29) is 0 Å². The van der Waals surface area contributed by atoms with Gasteiger partial charge in [-0.3, -0.25) is 0 Å². The van der Waals surface area contributed by atoms with Gasteiger partial charge in [-0.15, -0.1) is 11.3 Å². The first-order chi connectivity index (χ1) is 8.33. The highest BCUT2D eigenvalue weighted by molar-refractivity contribution is 7.10. The number of rotatable bonds is 4. The molecule has 0 atom stereocenters. The smallest absolute Gasteiger partial charge is 0.126 e. The van der Waals surface area contributed by atoms with Crippen LogP contribution in [0, 0.1) is 11.3 Å². The molecule has 2 aromatic rings. The molecule has 0 aliphatic heterocycles. The van der Waals surface area contributed by atoms with Crippen LogP contribution in [0.1, 0.15) is 22.9 Å². The molecule has 0 saturated carbocycles. The molecule has 0 spiro atoms. The van der Waals surface area contributed by atoms with Gasteiger partial charge in [-0.2, -0.15) is 5.26 Å². The van der Waals surface area contributed by atoms with Crippen LogP contribution in [-0.2, 0) is 13.0 Å². The van der Waals surface area contributed by atoms with Crippen LogP contribution in [0.5, 0.6) is 0 Å². The number of nitriles is 1. The fourth-order valence-corrected chi connectivity index (χ4v) is 2.49. The first-order valence-corrected chi connectivity index (χ1v) is 6.36. The lowest BCUT2D eigenvalue weighted by atomic mass is 10.2. The van der Waals surface area contributed by atoms with Crippen molar-refractivity contribution >= 4 is 17.2 Å². The van der Waals surface area contributed by atoms with Crippen LogP contribution >= 0.6 is 11.3 Å². The minimum absolute atomic E-state index is 0.584. The Bertz CT molecular complexity index is 522. The number of nitrogens with zero attached hydrogens (tertiary/aromatic N) is 2. The molecular weight excluding hydrogens is 230 g/mol. The molecular formula is C13H13N3S. The van der Waals surface area contributed by atoms with Gasteiger partial charge in [0.15, 0.2) is 0 Å². The van der Waals surface area contributed by atoms with Crippen molar-refractivity contribution in [1.29, 1.82) is 5.26 Å². The molecule has 2 heterocycles. The molecule has 2 rings (SSSR count). The molecule has 2 aromatic heterocycles. The van der Waals surface area contributed by atoms with Crippen LogP contribution in [0.2, 0.25) is 0 Å². The van der Waals surface area contributed by atoms with Crippen LogP contribution in [0.15, 0.2) is 29.8 Å². The van der Waals surface area contributed by atoms with E-state index in [1.54, 1.807) is 23.6 Å². The molecule has 0 aromatic carbocycles. The summed E-state index contributed by atoms with van der Waals surface area (Å²) in [6, 6.07) is 7.81. The number of nitrogens with one attached hydrogen (secondary N) is 1. The number of hydrogen-bond donors (Lipinski definition) is 1. The number of anilines is 1. The third-order valence-electron chi connectivity index (χ3n) is 2.54. The quantitative estimate of drug-likeness (QED) is 0.897. The summed E-state index contributed by atoms with van der Waals surface area (Å²) in [4.78, 5) is 5.52. The second-order valence-corrected chi connectivity index (χ2v) is 4.62. The lowest BCUT2D eigenvalue weighted by Gasteiger charge is -2.05. The molecule has 0 radical (unpaired) electrons. The first kappa shape index (κ1) is 11.6. The van der Waals surface area contributed by atoms with Gasteiger partial charge >= 0.3 is 0 Å². The maximum atomic E-state index is 8.67. The highest BCUT2D eigenvalue weighted by Gasteiger charge is 2.02. The van der Waals surface area contributed by atoms with Crippen molar-refractivity contribution in [3.63, 3.8) is 0 Å². The van der Waals surface area contributed by atoms with E-state index in [1.807, 2.05) is 6.07 Å². The Balaban J connectivity index is 2.00. The van der Waals surface area contributed by atoms with Crippen molar-refractivity contribution < 1.29 is 0 Å². The third kappa shape index (κ3) is 2.83. The molecule has 0 amide bonds. The number of aromatic nitrogens is 1. The molecule has 1 N–H and O–H groups in total. The van der Waals surface area contributed by atoms with Crippen LogP contribution in [0.25, 0.3) is 0 Å². The van der Waals surface area contributed by atoms with Gasteiger partial charge < -0.3 is 5.32 Å². The maximum Gasteiger partial charge on any atom is 0.126 e. The van der Waals surface area contributed by atoms with E-state index in [4.69, 9.17) is 5.26 Å². The van der Waals surface area contributed by atoms with Crippen LogP contribution in [-0.4, -0.2) is 4.98 Å². The summed E-state index contributed by atoms with van der Waals surface area (Å²) in [5, 5.41) is 14.0. The molecule has 4 heteroatoms. The summed E-state index contributed by atoms with van der Waals surface area (Å²) in [7, 11) is 0. The third-order valence-corrected chi connectivity index (χ3v) is 3.50. The normalized spacial score (nSPS) is 9.88. The van der Waals surface area contributed by atoms with Gasteiger partial charge in [0.05, 0.1) is 12.1 Å². The molecule has 0 fully saturated rings. The standard InChI is InChI=1S/C13H13N3S/c1-2-11-5-6-17-12(11)9-16-13-4-3-10(7-14)8-15-13/h3-6,8H,2,9H2,1H3,(H,15,16). The van der Waals surface area contributed by atoms with Crippen molar-refractivity contribution in [3.05, 3.63) is 45.8 Å². The van der Waals surface area contributed by atoms with Gasteiger partial charge in [0.25, 0.3) is 0 Å². The SMILES string of the molecule is CCc1ccsc1CNc1ccc(C#N)cn1. The van der Waals surface area contributed by atoms with Crippen molar-refractivity contribution in [2.24, 2.45) is 0 Å². The van der Waals surface area contributed by atoms with Crippen molar-refractivity contribution in [3.8, 4) is 6.07 Å². The summed E-state index contributed by atoms with van der Waals surface area (Å²) in [6.07, 6.45) is 2.64. The van der Waals surface area contributed by atoms with E-state index in [2.05, 4.69) is 34.7 Å². The average molecular weight is 243 g/mol. The van der Waals surface area contributed by atoms with Crippen LogP contribution in [0.3, 0.4) is 0 Å². The Hall–Kier alpha value is -1.86. The van der Waals surface area contributed by atoms with E-state index in [0.29, 0.717) is 5.56 Å². The van der Waals surface area contributed by atoms with E-state index in [0.717, 1.165) is 18.8 Å². The average Bonchev–Trinajstić information content (AvgIpc) is 2.84. The Kier molecular flexibility index (Phi) is 3.73. The van der Waals surface area contributed by atoms with Crippen LogP contribution < -0.4 is 5.32 Å². The number of thiophene rings is 1.